The van der Waals surface area contributed by atoms with E-state index >= 15 is 0 Å². The molecule has 1 aliphatic carbocycles. The molecule has 0 unspecified atom stereocenters. The van der Waals surface area contributed by atoms with E-state index in [1.165, 1.54) is 24.4 Å². The molecule has 8 nitrogen and oxygen atoms in total. The Morgan fingerprint density at radius 3 is 2.81 bits per heavy atom. The fourth-order valence-corrected chi connectivity index (χ4v) is 4.84. The molecule has 0 saturated heterocycles. The van der Waals surface area contributed by atoms with E-state index in [9.17, 15) is 23.1 Å². The maximum atomic E-state index is 13.8. The summed E-state index contributed by atoms with van der Waals surface area (Å²) in [5.41, 5.74) is -0.486. The predicted molar refractivity (Wildman–Crippen MR) is 132 cm³/mol. The Labute approximate surface area is 207 Å². The lowest BCUT2D eigenvalue weighted by molar-refractivity contribution is -0.137. The van der Waals surface area contributed by atoms with Gasteiger partial charge in [0.2, 0.25) is 5.95 Å². The highest BCUT2D eigenvalue weighted by Gasteiger charge is 2.36. The number of nitrogens with one attached hydrogen (secondary N) is 3. The summed E-state index contributed by atoms with van der Waals surface area (Å²) in [6.45, 7) is 2.00. The highest BCUT2D eigenvalue weighted by Crippen LogP contribution is 2.39. The minimum atomic E-state index is -4.65. The molecule has 1 fully saturated rings. The molecular formula is C25H31F3N6O2. The van der Waals surface area contributed by atoms with E-state index in [-0.39, 0.29) is 28.8 Å². The Bertz CT molecular complexity index is 1210. The highest BCUT2D eigenvalue weighted by molar-refractivity contribution is 5.99. The van der Waals surface area contributed by atoms with Crippen molar-refractivity contribution in [1.29, 1.82) is 0 Å². The first-order valence-corrected chi connectivity index (χ1v) is 12.1. The fraction of sp³-hybridized carbons (Fsp3) is 0.480. The molecule has 2 aromatic heterocycles. The van der Waals surface area contributed by atoms with Crippen LogP contribution in [0.2, 0.25) is 0 Å². The summed E-state index contributed by atoms with van der Waals surface area (Å²) in [7, 11) is 4.06. The van der Waals surface area contributed by atoms with Crippen molar-refractivity contribution >= 4 is 22.8 Å². The van der Waals surface area contributed by atoms with Crippen molar-refractivity contribution in [3.63, 3.8) is 0 Å². The number of benzene rings is 1. The number of alkyl halides is 3. The summed E-state index contributed by atoms with van der Waals surface area (Å²) < 4.78 is 41.5. The van der Waals surface area contributed by atoms with Gasteiger partial charge in [0.15, 0.2) is 0 Å². The first-order chi connectivity index (χ1) is 17.2. The van der Waals surface area contributed by atoms with E-state index in [0.29, 0.717) is 16.9 Å². The van der Waals surface area contributed by atoms with Gasteiger partial charge in [-0.05, 0) is 71.4 Å². The first kappa shape index (κ1) is 25.9. The third-order valence-corrected chi connectivity index (χ3v) is 6.83. The smallest absolute Gasteiger partial charge is 0.419 e. The average Bonchev–Trinajstić information content (AvgIpc) is 3.47. The van der Waals surface area contributed by atoms with Crippen molar-refractivity contribution in [2.75, 3.05) is 32.5 Å². The standard InChI is InChI=1S/C25H31F3N6O2/c1-29-9-3-4-10-34(2)17-7-6-16(12-17)32-24-31-14-20(25(26,27)28)22(33-24)19-13-30-21-11-15(23(35)36)5-8-18(19)21/h5,8,11,13-14,16-17,29-30H,3-4,6-7,9-10,12H2,1-2H3,(H,35,36)(H,31,32,33)/t16-,17-/m0/s1. The molecule has 1 aromatic carbocycles. The third-order valence-electron chi connectivity index (χ3n) is 6.83. The van der Waals surface area contributed by atoms with Crippen molar-refractivity contribution in [2.45, 2.75) is 50.4 Å². The van der Waals surface area contributed by atoms with E-state index in [2.05, 4.69) is 37.5 Å². The molecule has 2 atom stereocenters. The quantitative estimate of drug-likeness (QED) is 0.299. The Balaban J connectivity index is 1.54. The predicted octanol–water partition coefficient (Wildman–Crippen LogP) is 4.61. The summed E-state index contributed by atoms with van der Waals surface area (Å²) in [5, 5.41) is 16.1. The van der Waals surface area contributed by atoms with Gasteiger partial charge in [-0.25, -0.2) is 14.8 Å². The summed E-state index contributed by atoms with van der Waals surface area (Å²) in [6, 6.07) is 4.73. The van der Waals surface area contributed by atoms with Crippen LogP contribution in [-0.4, -0.2) is 70.2 Å². The van der Waals surface area contributed by atoms with Gasteiger partial charge in [-0.3, -0.25) is 0 Å². The van der Waals surface area contributed by atoms with Crippen molar-refractivity contribution in [3.8, 4) is 11.3 Å². The van der Waals surface area contributed by atoms with Gasteiger partial charge in [0.05, 0.1) is 11.3 Å². The van der Waals surface area contributed by atoms with Crippen LogP contribution < -0.4 is 10.6 Å². The van der Waals surface area contributed by atoms with Crippen LogP contribution in [0.25, 0.3) is 22.2 Å². The molecule has 36 heavy (non-hydrogen) atoms. The Kier molecular flexibility index (Phi) is 7.79. The number of aromatic carboxylic acids is 1. The van der Waals surface area contributed by atoms with Crippen LogP contribution in [-0.2, 0) is 6.18 Å². The molecule has 1 saturated carbocycles. The van der Waals surface area contributed by atoms with Gasteiger partial charge in [0.1, 0.15) is 5.56 Å². The lowest BCUT2D eigenvalue weighted by Gasteiger charge is -2.24. The maximum Gasteiger partial charge on any atom is 0.419 e. The highest BCUT2D eigenvalue weighted by atomic mass is 19.4. The number of nitrogens with zero attached hydrogens (tertiary/aromatic N) is 3. The second-order valence-corrected chi connectivity index (χ2v) is 9.32. The molecule has 2 heterocycles. The van der Waals surface area contributed by atoms with Gasteiger partial charge in [-0.2, -0.15) is 13.2 Å². The summed E-state index contributed by atoms with van der Waals surface area (Å²) in [5.74, 6) is -0.965. The van der Waals surface area contributed by atoms with Crippen LogP contribution in [0.1, 0.15) is 48.0 Å². The molecule has 0 bridgehead atoms. The summed E-state index contributed by atoms with van der Waals surface area (Å²) in [4.78, 5) is 24.8. The lowest BCUT2D eigenvalue weighted by Crippen LogP contribution is -2.32. The van der Waals surface area contributed by atoms with E-state index in [1.807, 2.05) is 7.05 Å². The SMILES string of the molecule is CNCCCCN(C)[C@H]1CC[C@H](Nc2ncc(C(F)(F)F)c(-c3c[nH]c4cc(C(=O)O)ccc34)n2)C1. The summed E-state index contributed by atoms with van der Waals surface area (Å²) >= 11 is 0. The molecule has 4 rings (SSSR count). The number of rotatable bonds is 10. The number of aromatic amines is 1. The number of carboxylic acid groups (broad SMARTS) is 1. The topological polar surface area (TPSA) is 106 Å². The molecule has 0 spiro atoms. The van der Waals surface area contributed by atoms with Crippen LogP contribution >= 0.6 is 0 Å². The van der Waals surface area contributed by atoms with Crippen LogP contribution in [0.3, 0.4) is 0 Å². The number of halogens is 3. The summed E-state index contributed by atoms with van der Waals surface area (Å²) in [6.07, 6.45) is 2.57. The zero-order chi connectivity index (χ0) is 25.9. The second kappa shape index (κ2) is 10.8. The molecule has 3 aromatic rings. The fourth-order valence-electron chi connectivity index (χ4n) is 4.84. The van der Waals surface area contributed by atoms with Gasteiger partial charge in [0, 0.05) is 40.9 Å². The number of carboxylic acids is 1. The number of anilines is 1. The number of aromatic nitrogens is 3. The van der Waals surface area contributed by atoms with Gasteiger partial charge >= 0.3 is 12.1 Å². The van der Waals surface area contributed by atoms with Gasteiger partial charge < -0.3 is 25.6 Å². The minimum Gasteiger partial charge on any atom is -0.478 e. The van der Waals surface area contributed by atoms with Crippen LogP contribution in [0.5, 0.6) is 0 Å². The van der Waals surface area contributed by atoms with E-state index in [1.54, 1.807) is 0 Å². The molecule has 0 aliphatic heterocycles. The molecule has 194 valence electrons. The van der Waals surface area contributed by atoms with Crippen molar-refractivity contribution < 1.29 is 23.1 Å². The maximum absolute atomic E-state index is 13.8. The lowest BCUT2D eigenvalue weighted by atomic mass is 10.0. The Hall–Kier alpha value is -3.18. The van der Waals surface area contributed by atoms with E-state index in [0.717, 1.165) is 51.4 Å². The minimum absolute atomic E-state index is 0.0415. The van der Waals surface area contributed by atoms with Crippen molar-refractivity contribution in [2.24, 2.45) is 0 Å². The van der Waals surface area contributed by atoms with Crippen LogP contribution in [0, 0.1) is 0 Å². The van der Waals surface area contributed by atoms with Gasteiger partial charge in [-0.15, -0.1) is 0 Å². The largest absolute Gasteiger partial charge is 0.478 e. The number of unbranched alkanes of at least 4 members (excludes halogenated alkanes) is 1. The van der Waals surface area contributed by atoms with E-state index in [4.69, 9.17) is 0 Å². The van der Waals surface area contributed by atoms with Crippen molar-refractivity contribution in [1.82, 2.24) is 25.2 Å². The van der Waals surface area contributed by atoms with Crippen LogP contribution in [0.15, 0.2) is 30.6 Å². The number of H-pyrrole nitrogens is 1. The Morgan fingerprint density at radius 2 is 2.08 bits per heavy atom. The monoisotopic (exact) mass is 504 g/mol. The number of fused-ring (bicyclic) bond motifs is 1. The van der Waals surface area contributed by atoms with Gasteiger partial charge in [-0.1, -0.05) is 6.07 Å². The first-order valence-electron chi connectivity index (χ1n) is 12.1. The zero-order valence-electron chi connectivity index (χ0n) is 20.3. The molecule has 0 amide bonds. The third kappa shape index (κ3) is 5.79. The molecule has 4 N–H and O–H groups in total. The zero-order valence-corrected chi connectivity index (χ0v) is 20.3. The van der Waals surface area contributed by atoms with Crippen molar-refractivity contribution in [3.05, 3.63) is 41.7 Å². The second-order valence-electron chi connectivity index (χ2n) is 9.32. The average molecular weight is 505 g/mol. The molecule has 1 aliphatic rings. The van der Waals surface area contributed by atoms with Crippen LogP contribution in [0.4, 0.5) is 19.1 Å². The normalized spacial score (nSPS) is 18.3. The Morgan fingerprint density at radius 1 is 1.28 bits per heavy atom. The molecule has 11 heteroatoms. The number of hydrogen-bond donors (Lipinski definition) is 4. The van der Waals surface area contributed by atoms with E-state index < -0.39 is 17.7 Å². The number of hydrogen-bond acceptors (Lipinski definition) is 6. The number of carbonyl (C=O) groups is 1. The molecular weight excluding hydrogens is 473 g/mol. The molecule has 0 radical (unpaired) electrons. The van der Waals surface area contributed by atoms with Gasteiger partial charge in [0.25, 0.3) is 0 Å².